The first-order valence-corrected chi connectivity index (χ1v) is 14.5. The van der Waals surface area contributed by atoms with Crippen molar-refractivity contribution in [3.63, 3.8) is 0 Å². The number of hydrogen-bond donors (Lipinski definition) is 3. The van der Waals surface area contributed by atoms with E-state index in [1.165, 1.54) is 34.1 Å². The molecular weight excluding hydrogens is 534 g/mol. The number of thiazole rings is 1. The van der Waals surface area contributed by atoms with Crippen LogP contribution in [0.3, 0.4) is 0 Å². The van der Waals surface area contributed by atoms with Crippen LogP contribution in [0, 0.1) is 12.7 Å². The minimum absolute atomic E-state index is 0.0168. The third-order valence-corrected chi connectivity index (χ3v) is 9.44. The lowest BCUT2D eigenvalue weighted by molar-refractivity contribution is -0.143. The van der Waals surface area contributed by atoms with Crippen molar-refractivity contribution in [2.24, 2.45) is 0 Å². The second-order valence-electron chi connectivity index (χ2n) is 10.4. The molecule has 0 bridgehead atoms. The summed E-state index contributed by atoms with van der Waals surface area (Å²) in [6.07, 6.45) is 1.08. The van der Waals surface area contributed by atoms with Gasteiger partial charge in [0.05, 0.1) is 22.2 Å². The second-order valence-corrected chi connectivity index (χ2v) is 12.7. The summed E-state index contributed by atoms with van der Waals surface area (Å²) in [7, 11) is 0. The van der Waals surface area contributed by atoms with Gasteiger partial charge >= 0.3 is 0 Å². The maximum Gasteiger partial charge on any atom is 0.258 e. The Morgan fingerprint density at radius 2 is 2.05 bits per heavy atom. The summed E-state index contributed by atoms with van der Waals surface area (Å²) in [6, 6.07) is 2.61. The Kier molecular flexibility index (Phi) is 8.15. The zero-order chi connectivity index (χ0) is 27.8. The lowest BCUT2D eigenvalue weighted by atomic mass is 10.00. The number of rotatable bonds is 9. The van der Waals surface area contributed by atoms with Crippen molar-refractivity contribution in [3.05, 3.63) is 40.8 Å². The Labute approximate surface area is 228 Å². The lowest BCUT2D eigenvalue weighted by Crippen LogP contribution is -2.60. The molecule has 1 aromatic carbocycles. The van der Waals surface area contributed by atoms with Crippen molar-refractivity contribution >= 4 is 40.8 Å². The fourth-order valence-electron chi connectivity index (χ4n) is 4.44. The number of nitrogens with zero attached hydrogens (tertiary/aromatic N) is 2. The molecular formula is C26H32F2N4O4S2. The van der Waals surface area contributed by atoms with E-state index in [1.807, 2.05) is 0 Å². The van der Waals surface area contributed by atoms with E-state index in [2.05, 4.69) is 15.6 Å². The van der Waals surface area contributed by atoms with Crippen molar-refractivity contribution in [2.45, 2.75) is 75.2 Å². The van der Waals surface area contributed by atoms with Crippen molar-refractivity contribution in [1.82, 2.24) is 20.5 Å². The minimum Gasteiger partial charge on any atom is -0.391 e. The van der Waals surface area contributed by atoms with Gasteiger partial charge in [-0.2, -0.15) is 11.8 Å². The summed E-state index contributed by atoms with van der Waals surface area (Å²) < 4.78 is 28.4. The Morgan fingerprint density at radius 1 is 1.34 bits per heavy atom. The molecule has 1 aliphatic carbocycles. The molecule has 2 aliphatic rings. The minimum atomic E-state index is -1.96. The number of carbonyl (C=O) groups excluding carboxylic acids is 3. The van der Waals surface area contributed by atoms with Crippen LogP contribution >= 0.6 is 23.1 Å². The number of benzene rings is 1. The molecule has 206 valence electrons. The normalized spacial score (nSPS) is 21.2. The van der Waals surface area contributed by atoms with Gasteiger partial charge in [0.25, 0.3) is 5.91 Å². The van der Waals surface area contributed by atoms with E-state index in [9.17, 15) is 28.3 Å². The van der Waals surface area contributed by atoms with E-state index in [1.54, 1.807) is 44.7 Å². The van der Waals surface area contributed by atoms with Crippen molar-refractivity contribution in [1.29, 1.82) is 0 Å². The molecule has 1 aliphatic heterocycles. The highest BCUT2D eigenvalue weighted by Gasteiger charge is 2.53. The number of β-amino-alcohol motifs (C(OH)–C–C–N with tert-alkyl or cyclic N) is 1. The smallest absolute Gasteiger partial charge is 0.258 e. The van der Waals surface area contributed by atoms with Gasteiger partial charge in [-0.25, -0.2) is 13.8 Å². The maximum atomic E-state index is 14.8. The predicted molar refractivity (Wildman–Crippen MR) is 143 cm³/mol. The van der Waals surface area contributed by atoms with Gasteiger partial charge in [0.2, 0.25) is 11.8 Å². The van der Waals surface area contributed by atoms with Gasteiger partial charge in [-0.15, -0.1) is 11.3 Å². The molecule has 2 heterocycles. The fraction of sp³-hybridized carbons (Fsp3) is 0.538. The summed E-state index contributed by atoms with van der Waals surface area (Å²) in [6.45, 7) is 5.25. The molecule has 0 radical (unpaired) electrons. The number of thioether (sulfide) groups is 1. The van der Waals surface area contributed by atoms with Crippen LogP contribution in [0.4, 0.5) is 8.78 Å². The summed E-state index contributed by atoms with van der Waals surface area (Å²) in [5.74, 6) is -2.34. The first-order chi connectivity index (χ1) is 17.9. The number of carbonyl (C=O) groups is 3. The average molecular weight is 567 g/mol. The number of alkyl halides is 1. The summed E-state index contributed by atoms with van der Waals surface area (Å²) in [4.78, 5) is 45.4. The van der Waals surface area contributed by atoms with Crippen LogP contribution in [0.1, 0.15) is 44.4 Å². The number of likely N-dealkylation sites (tertiary alicyclic amines) is 1. The standard InChI is InChI=1S/C26H32F2N4O4S2/c1-14-20(38-13-30-14)17-6-5-15(9-18(17)27)11-29-22(34)19-10-16(33)12-32(19)23(35)21(25(2,3)37-4)31-24(36)26(28)7-8-26/h5-6,9,13,16,19,21,33H,7-8,10-12H2,1-4H3,(H,29,34)(H,31,36)/t16-,19+,21-/m1/s1. The number of nitrogens with one attached hydrogen (secondary N) is 2. The summed E-state index contributed by atoms with van der Waals surface area (Å²) >= 11 is 2.67. The van der Waals surface area contributed by atoms with Crippen LogP contribution < -0.4 is 10.6 Å². The molecule has 2 fully saturated rings. The number of hydrogen-bond acceptors (Lipinski definition) is 7. The molecule has 4 rings (SSSR count). The molecule has 8 nitrogen and oxygen atoms in total. The van der Waals surface area contributed by atoms with Gasteiger partial charge in [-0.1, -0.05) is 12.1 Å². The van der Waals surface area contributed by atoms with Gasteiger partial charge in [0.15, 0.2) is 5.67 Å². The van der Waals surface area contributed by atoms with Gasteiger partial charge in [-0.05, 0) is 51.5 Å². The Bertz CT molecular complexity index is 1230. The van der Waals surface area contributed by atoms with E-state index >= 15 is 0 Å². The molecule has 1 saturated heterocycles. The van der Waals surface area contributed by atoms with Crippen LogP contribution in [0.5, 0.6) is 0 Å². The van der Waals surface area contributed by atoms with E-state index in [4.69, 9.17) is 0 Å². The van der Waals surface area contributed by atoms with Gasteiger partial charge < -0.3 is 20.6 Å². The zero-order valence-corrected chi connectivity index (χ0v) is 23.3. The maximum absolute atomic E-state index is 14.8. The van der Waals surface area contributed by atoms with Crippen molar-refractivity contribution < 1.29 is 28.3 Å². The third-order valence-electron chi connectivity index (χ3n) is 7.19. The Balaban J connectivity index is 1.46. The number of amides is 3. The third kappa shape index (κ3) is 5.86. The molecule has 3 amide bonds. The van der Waals surface area contributed by atoms with Crippen molar-refractivity contribution in [2.75, 3.05) is 12.8 Å². The molecule has 2 aromatic rings. The zero-order valence-electron chi connectivity index (χ0n) is 21.7. The molecule has 1 aromatic heterocycles. The number of aryl methyl sites for hydroxylation is 1. The van der Waals surface area contributed by atoms with Gasteiger partial charge in [-0.3, -0.25) is 14.4 Å². The number of aliphatic hydroxyl groups excluding tert-OH is 1. The first kappa shape index (κ1) is 28.4. The lowest BCUT2D eigenvalue weighted by Gasteiger charge is -2.36. The van der Waals surface area contributed by atoms with Crippen molar-refractivity contribution in [3.8, 4) is 10.4 Å². The monoisotopic (exact) mass is 566 g/mol. The highest BCUT2D eigenvalue weighted by molar-refractivity contribution is 8.00. The van der Waals surface area contributed by atoms with E-state index in [-0.39, 0.29) is 32.4 Å². The molecule has 3 atom stereocenters. The largest absolute Gasteiger partial charge is 0.391 e. The van der Waals surface area contributed by atoms with Crippen LogP contribution in [0.25, 0.3) is 10.4 Å². The van der Waals surface area contributed by atoms with E-state index in [0.29, 0.717) is 11.1 Å². The molecule has 0 spiro atoms. The summed E-state index contributed by atoms with van der Waals surface area (Å²) in [5.41, 5.74) is 1.39. The molecule has 1 saturated carbocycles. The number of aromatic nitrogens is 1. The van der Waals surface area contributed by atoms with E-state index in [0.717, 1.165) is 10.6 Å². The summed E-state index contributed by atoms with van der Waals surface area (Å²) in [5, 5.41) is 15.6. The number of aliphatic hydroxyl groups is 1. The number of halogens is 2. The first-order valence-electron chi connectivity index (χ1n) is 12.4. The van der Waals surface area contributed by atoms with Gasteiger partial charge in [0.1, 0.15) is 17.9 Å². The predicted octanol–water partition coefficient (Wildman–Crippen LogP) is 2.96. The molecule has 3 N–H and O–H groups in total. The van der Waals surface area contributed by atoms with Crippen LogP contribution in [0.2, 0.25) is 0 Å². The molecule has 0 unspecified atom stereocenters. The molecule has 12 heteroatoms. The van der Waals surface area contributed by atoms with Crippen LogP contribution in [0.15, 0.2) is 23.7 Å². The van der Waals surface area contributed by atoms with Crippen LogP contribution in [-0.4, -0.2) is 74.1 Å². The second kappa shape index (κ2) is 10.9. The van der Waals surface area contributed by atoms with Crippen LogP contribution in [-0.2, 0) is 20.9 Å². The highest BCUT2D eigenvalue weighted by atomic mass is 32.2. The Hall–Kier alpha value is -2.57. The quantitative estimate of drug-likeness (QED) is 0.431. The fourth-order valence-corrected chi connectivity index (χ4v) is 5.67. The molecule has 38 heavy (non-hydrogen) atoms. The average Bonchev–Trinajstić information content (AvgIpc) is 3.29. The van der Waals surface area contributed by atoms with Gasteiger partial charge in [0, 0.05) is 29.8 Å². The SMILES string of the molecule is CSC(C)(C)[C@H](NC(=O)C1(F)CC1)C(=O)N1C[C@H](O)C[C@H]1C(=O)NCc1ccc(-c2scnc2C)c(F)c1. The van der Waals surface area contributed by atoms with E-state index < -0.39 is 52.1 Å². The highest BCUT2D eigenvalue weighted by Crippen LogP contribution is 2.40. The topological polar surface area (TPSA) is 112 Å². The Morgan fingerprint density at radius 3 is 2.63 bits per heavy atom.